The second-order valence-electron chi connectivity index (χ2n) is 5.61. The van der Waals surface area contributed by atoms with Gasteiger partial charge in [0.15, 0.2) is 0 Å². The third-order valence-electron chi connectivity index (χ3n) is 3.77. The summed E-state index contributed by atoms with van der Waals surface area (Å²) in [5.74, 6) is -1.24. The van der Waals surface area contributed by atoms with E-state index in [9.17, 15) is 23.4 Å². The summed E-state index contributed by atoms with van der Waals surface area (Å²) < 4.78 is 31.1. The Balaban J connectivity index is 1.86. The number of aliphatic hydroxyl groups is 1. The standard InChI is InChI=1S/C17H16N2O6S/c1-25-17(22)13-4-2-3-11(8-13)7-12-5-6-14(15(20)9-12)19-10-16(21)18-26(19,23)24/h2-6,8-10,18,20-21H,7H2,1H3. The van der Waals surface area contributed by atoms with E-state index in [-0.39, 0.29) is 11.4 Å². The number of rotatable bonds is 4. The van der Waals surface area contributed by atoms with Crippen molar-refractivity contribution in [2.75, 3.05) is 11.4 Å². The number of nitrogens with zero attached hydrogens (tertiary/aromatic N) is 1. The number of anilines is 1. The summed E-state index contributed by atoms with van der Waals surface area (Å²) in [7, 11) is -2.67. The largest absolute Gasteiger partial charge is 0.506 e. The van der Waals surface area contributed by atoms with E-state index in [1.54, 1.807) is 24.3 Å². The minimum atomic E-state index is -3.97. The molecule has 1 aliphatic heterocycles. The summed E-state index contributed by atoms with van der Waals surface area (Å²) >= 11 is 0. The highest BCUT2D eigenvalue weighted by Gasteiger charge is 2.30. The predicted octanol–water partition coefficient (Wildman–Crippen LogP) is 1.78. The number of esters is 1. The maximum atomic E-state index is 11.9. The highest BCUT2D eigenvalue weighted by molar-refractivity contribution is 7.91. The van der Waals surface area contributed by atoms with E-state index in [2.05, 4.69) is 4.74 Å². The maximum absolute atomic E-state index is 11.9. The van der Waals surface area contributed by atoms with Gasteiger partial charge < -0.3 is 14.9 Å². The Kier molecular flexibility index (Phi) is 4.47. The molecule has 0 spiro atoms. The van der Waals surface area contributed by atoms with Gasteiger partial charge in [-0.25, -0.2) is 13.8 Å². The maximum Gasteiger partial charge on any atom is 0.337 e. The zero-order valence-electron chi connectivity index (χ0n) is 13.7. The molecule has 1 aliphatic rings. The van der Waals surface area contributed by atoms with Crippen molar-refractivity contribution in [1.29, 1.82) is 0 Å². The van der Waals surface area contributed by atoms with Crippen LogP contribution in [0.2, 0.25) is 0 Å². The molecule has 3 rings (SSSR count). The molecule has 0 saturated carbocycles. The summed E-state index contributed by atoms with van der Waals surface area (Å²) in [5, 5.41) is 19.5. The smallest absolute Gasteiger partial charge is 0.337 e. The van der Waals surface area contributed by atoms with E-state index in [1.807, 2.05) is 10.8 Å². The number of aliphatic hydroxyl groups excluding tert-OH is 1. The van der Waals surface area contributed by atoms with E-state index in [4.69, 9.17) is 0 Å². The molecule has 3 N–H and O–H groups in total. The second-order valence-corrected chi connectivity index (χ2v) is 7.16. The number of nitrogens with one attached hydrogen (secondary N) is 1. The lowest BCUT2D eigenvalue weighted by molar-refractivity contribution is 0.0600. The average molecular weight is 376 g/mol. The lowest BCUT2D eigenvalue weighted by atomic mass is 10.0. The quantitative estimate of drug-likeness (QED) is 0.701. The van der Waals surface area contributed by atoms with Crippen molar-refractivity contribution >= 4 is 21.9 Å². The molecule has 2 aromatic rings. The number of hydrogen-bond acceptors (Lipinski definition) is 6. The molecule has 136 valence electrons. The van der Waals surface area contributed by atoms with Crippen molar-refractivity contribution in [3.05, 3.63) is 71.2 Å². The lowest BCUT2D eigenvalue weighted by Gasteiger charge is -2.16. The number of carbonyl (C=O) groups is 1. The SMILES string of the molecule is COC(=O)c1cccc(Cc2ccc(N3C=C(O)NS3(=O)=O)c(O)c2)c1. The summed E-state index contributed by atoms with van der Waals surface area (Å²) in [6.07, 6.45) is 1.38. The minimum Gasteiger partial charge on any atom is -0.506 e. The van der Waals surface area contributed by atoms with E-state index >= 15 is 0 Å². The van der Waals surface area contributed by atoms with Gasteiger partial charge >= 0.3 is 16.2 Å². The summed E-state index contributed by atoms with van der Waals surface area (Å²) in [6.45, 7) is 0. The molecule has 0 aliphatic carbocycles. The topological polar surface area (TPSA) is 116 Å². The van der Waals surface area contributed by atoms with E-state index in [0.29, 0.717) is 17.5 Å². The molecule has 0 bridgehead atoms. The van der Waals surface area contributed by atoms with E-state index in [0.717, 1.165) is 16.1 Å². The average Bonchev–Trinajstić information content (AvgIpc) is 2.86. The molecule has 0 unspecified atom stereocenters. The number of phenols is 1. The van der Waals surface area contributed by atoms with Gasteiger partial charge in [-0.2, -0.15) is 8.42 Å². The number of carbonyl (C=O) groups excluding carboxylic acids is 1. The first kappa shape index (κ1) is 17.6. The molecule has 2 aromatic carbocycles. The van der Waals surface area contributed by atoms with Crippen LogP contribution in [0.5, 0.6) is 5.75 Å². The molecule has 0 aromatic heterocycles. The van der Waals surface area contributed by atoms with E-state index < -0.39 is 22.1 Å². The molecule has 0 atom stereocenters. The third kappa shape index (κ3) is 3.42. The van der Waals surface area contributed by atoms with Crippen LogP contribution in [-0.4, -0.2) is 31.7 Å². The normalized spacial score (nSPS) is 15.3. The number of ether oxygens (including phenoxy) is 1. The van der Waals surface area contributed by atoms with E-state index in [1.165, 1.54) is 19.2 Å². The van der Waals surface area contributed by atoms with Crippen LogP contribution < -0.4 is 9.03 Å². The first-order valence-electron chi connectivity index (χ1n) is 7.52. The Morgan fingerprint density at radius 1 is 1.15 bits per heavy atom. The Morgan fingerprint density at radius 3 is 2.50 bits per heavy atom. The minimum absolute atomic E-state index is 0.00797. The summed E-state index contributed by atoms with van der Waals surface area (Å²) in [5.41, 5.74) is 1.97. The number of phenolic OH excluding ortho intramolecular Hbond substituents is 1. The molecule has 0 radical (unpaired) electrons. The fourth-order valence-electron chi connectivity index (χ4n) is 2.61. The molecular weight excluding hydrogens is 360 g/mol. The molecule has 9 heteroatoms. The van der Waals surface area contributed by atoms with Crippen LogP contribution in [0, 0.1) is 0 Å². The summed E-state index contributed by atoms with van der Waals surface area (Å²) in [6, 6.07) is 11.4. The Labute approximate surface area is 150 Å². The molecule has 1 heterocycles. The molecular formula is C17H16N2O6S. The Bertz CT molecular complexity index is 1000. The van der Waals surface area contributed by atoms with Crippen molar-refractivity contribution in [1.82, 2.24) is 4.72 Å². The zero-order chi connectivity index (χ0) is 18.9. The molecule has 0 fully saturated rings. The van der Waals surface area contributed by atoms with Gasteiger partial charge in [0, 0.05) is 0 Å². The fourth-order valence-corrected chi connectivity index (χ4v) is 3.68. The van der Waals surface area contributed by atoms with Crippen molar-refractivity contribution < 1.29 is 28.2 Å². The van der Waals surface area contributed by atoms with Gasteiger partial charge in [0.05, 0.1) is 18.9 Å². The highest BCUT2D eigenvalue weighted by atomic mass is 32.2. The van der Waals surface area contributed by atoms with Crippen LogP contribution in [0.3, 0.4) is 0 Å². The summed E-state index contributed by atoms with van der Waals surface area (Å²) in [4.78, 5) is 11.6. The van der Waals surface area contributed by atoms with Gasteiger partial charge in [-0.3, -0.25) is 0 Å². The molecule has 0 amide bonds. The van der Waals surface area contributed by atoms with Crippen LogP contribution in [0.1, 0.15) is 21.5 Å². The van der Waals surface area contributed by atoms with Gasteiger partial charge in [-0.15, -0.1) is 0 Å². The Morgan fingerprint density at radius 2 is 1.88 bits per heavy atom. The van der Waals surface area contributed by atoms with Gasteiger partial charge in [-0.05, 0) is 41.8 Å². The number of benzene rings is 2. The van der Waals surface area contributed by atoms with Crippen LogP contribution in [0.25, 0.3) is 0 Å². The second kappa shape index (κ2) is 6.60. The van der Waals surface area contributed by atoms with Crippen LogP contribution in [-0.2, 0) is 21.4 Å². The van der Waals surface area contributed by atoms with Crippen LogP contribution in [0.4, 0.5) is 5.69 Å². The van der Waals surface area contributed by atoms with Gasteiger partial charge in [0.2, 0.25) is 5.88 Å². The highest BCUT2D eigenvalue weighted by Crippen LogP contribution is 2.33. The molecule has 8 nitrogen and oxygen atoms in total. The lowest BCUT2D eigenvalue weighted by Crippen LogP contribution is -2.29. The number of methoxy groups -OCH3 is 1. The number of aromatic hydroxyl groups is 1. The first-order chi connectivity index (χ1) is 12.3. The fraction of sp³-hybridized carbons (Fsp3) is 0.118. The van der Waals surface area contributed by atoms with Gasteiger partial charge in [0.25, 0.3) is 0 Å². The monoisotopic (exact) mass is 376 g/mol. The molecule has 26 heavy (non-hydrogen) atoms. The molecule has 0 saturated heterocycles. The van der Waals surface area contributed by atoms with Gasteiger partial charge in [-0.1, -0.05) is 18.2 Å². The first-order valence-corrected chi connectivity index (χ1v) is 8.96. The van der Waals surface area contributed by atoms with Crippen molar-refractivity contribution in [3.63, 3.8) is 0 Å². The Hall–Kier alpha value is -3.20. The van der Waals surface area contributed by atoms with Gasteiger partial charge in [0.1, 0.15) is 11.4 Å². The number of hydrogen-bond donors (Lipinski definition) is 3. The van der Waals surface area contributed by atoms with Crippen LogP contribution >= 0.6 is 0 Å². The van der Waals surface area contributed by atoms with Crippen LogP contribution in [0.15, 0.2) is 54.5 Å². The van der Waals surface area contributed by atoms with Crippen molar-refractivity contribution in [2.45, 2.75) is 6.42 Å². The third-order valence-corrected chi connectivity index (χ3v) is 5.05. The van der Waals surface area contributed by atoms with Crippen molar-refractivity contribution in [3.8, 4) is 5.75 Å². The zero-order valence-corrected chi connectivity index (χ0v) is 14.5. The van der Waals surface area contributed by atoms with Crippen molar-refractivity contribution in [2.24, 2.45) is 0 Å². The predicted molar refractivity (Wildman–Crippen MR) is 93.9 cm³/mol.